The molecular formula is C16H23N5O. The molecule has 2 N–H and O–H groups in total. The van der Waals surface area contributed by atoms with Crippen LogP contribution in [0.3, 0.4) is 0 Å². The second kappa shape index (κ2) is 7.59. The van der Waals surface area contributed by atoms with Gasteiger partial charge in [-0.3, -0.25) is 9.67 Å². The van der Waals surface area contributed by atoms with Gasteiger partial charge in [-0.25, -0.2) is 4.79 Å². The van der Waals surface area contributed by atoms with Gasteiger partial charge in [-0.15, -0.1) is 0 Å². The average molecular weight is 301 g/mol. The van der Waals surface area contributed by atoms with Gasteiger partial charge >= 0.3 is 6.03 Å². The number of nitrogens with one attached hydrogen (secondary N) is 2. The Balaban J connectivity index is 1.70. The van der Waals surface area contributed by atoms with E-state index in [9.17, 15) is 4.79 Å². The standard InChI is InChI=1S/C16H23N5O/c1-12(11-21-14(3)8-13(2)20-21)9-18-16(22)19-10-15-6-4-5-7-17-15/h4-8,12H,9-11H2,1-3H3,(H2,18,19,22)/t12-/m0/s1. The van der Waals surface area contributed by atoms with Crippen molar-refractivity contribution in [2.75, 3.05) is 6.54 Å². The predicted molar refractivity (Wildman–Crippen MR) is 85.3 cm³/mol. The van der Waals surface area contributed by atoms with Gasteiger partial charge in [0.25, 0.3) is 0 Å². The summed E-state index contributed by atoms with van der Waals surface area (Å²) in [5, 5.41) is 10.1. The number of hydrogen-bond donors (Lipinski definition) is 2. The number of aryl methyl sites for hydroxylation is 2. The van der Waals surface area contributed by atoms with Crippen molar-refractivity contribution in [2.45, 2.75) is 33.9 Å². The summed E-state index contributed by atoms with van der Waals surface area (Å²) < 4.78 is 1.98. The molecule has 0 saturated carbocycles. The zero-order valence-electron chi connectivity index (χ0n) is 13.3. The second-order valence-corrected chi connectivity index (χ2v) is 5.60. The van der Waals surface area contributed by atoms with Gasteiger partial charge in [-0.05, 0) is 38.0 Å². The maximum absolute atomic E-state index is 11.8. The molecule has 1 atom stereocenters. The first-order valence-corrected chi connectivity index (χ1v) is 7.47. The van der Waals surface area contributed by atoms with Crippen LogP contribution in [0.15, 0.2) is 30.5 Å². The van der Waals surface area contributed by atoms with Gasteiger partial charge in [-0.2, -0.15) is 5.10 Å². The van der Waals surface area contributed by atoms with E-state index in [0.29, 0.717) is 19.0 Å². The van der Waals surface area contributed by atoms with Crippen LogP contribution in [-0.2, 0) is 13.1 Å². The molecule has 2 amide bonds. The summed E-state index contributed by atoms with van der Waals surface area (Å²) in [5.74, 6) is 0.304. The van der Waals surface area contributed by atoms with Crippen LogP contribution in [0.25, 0.3) is 0 Å². The molecule has 6 heteroatoms. The van der Waals surface area contributed by atoms with Crippen molar-refractivity contribution in [3.05, 3.63) is 47.5 Å². The first-order chi connectivity index (χ1) is 10.5. The smallest absolute Gasteiger partial charge is 0.315 e. The van der Waals surface area contributed by atoms with Crippen molar-refractivity contribution in [1.29, 1.82) is 0 Å². The van der Waals surface area contributed by atoms with Crippen molar-refractivity contribution in [1.82, 2.24) is 25.4 Å². The fourth-order valence-corrected chi connectivity index (χ4v) is 2.22. The molecule has 0 bridgehead atoms. The molecule has 2 heterocycles. The molecule has 0 aliphatic rings. The van der Waals surface area contributed by atoms with E-state index in [1.165, 1.54) is 0 Å². The van der Waals surface area contributed by atoms with Crippen LogP contribution in [-0.4, -0.2) is 27.3 Å². The predicted octanol–water partition coefficient (Wildman–Crippen LogP) is 2.03. The van der Waals surface area contributed by atoms with Gasteiger partial charge in [0.1, 0.15) is 0 Å². The minimum atomic E-state index is -0.175. The highest BCUT2D eigenvalue weighted by molar-refractivity contribution is 5.73. The zero-order valence-corrected chi connectivity index (χ0v) is 13.3. The SMILES string of the molecule is Cc1cc(C)n(C[C@@H](C)CNC(=O)NCc2ccccn2)n1. The van der Waals surface area contributed by atoms with Crippen LogP contribution in [0.4, 0.5) is 4.79 Å². The summed E-state index contributed by atoms with van der Waals surface area (Å²) >= 11 is 0. The fourth-order valence-electron chi connectivity index (χ4n) is 2.22. The maximum Gasteiger partial charge on any atom is 0.315 e. The van der Waals surface area contributed by atoms with E-state index in [1.54, 1.807) is 6.20 Å². The lowest BCUT2D eigenvalue weighted by Crippen LogP contribution is -2.38. The molecule has 2 aromatic heterocycles. The third-order valence-corrected chi connectivity index (χ3v) is 3.36. The minimum Gasteiger partial charge on any atom is -0.338 e. The summed E-state index contributed by atoms with van der Waals surface area (Å²) in [6, 6.07) is 7.51. The molecule has 2 aromatic rings. The Kier molecular flexibility index (Phi) is 5.52. The van der Waals surface area contributed by atoms with Gasteiger partial charge in [-0.1, -0.05) is 13.0 Å². The quantitative estimate of drug-likeness (QED) is 0.857. The molecule has 0 fully saturated rings. The molecule has 0 saturated heterocycles. The monoisotopic (exact) mass is 301 g/mol. The molecule has 0 spiro atoms. The Labute approximate surface area is 130 Å². The highest BCUT2D eigenvalue weighted by Gasteiger charge is 2.09. The van der Waals surface area contributed by atoms with Crippen LogP contribution in [0.2, 0.25) is 0 Å². The number of aromatic nitrogens is 3. The molecule has 0 radical (unpaired) electrons. The molecule has 6 nitrogen and oxygen atoms in total. The Morgan fingerprint density at radius 3 is 2.77 bits per heavy atom. The van der Waals surface area contributed by atoms with Crippen LogP contribution < -0.4 is 10.6 Å². The van der Waals surface area contributed by atoms with E-state index in [4.69, 9.17) is 0 Å². The lowest BCUT2D eigenvalue weighted by Gasteiger charge is -2.14. The normalized spacial score (nSPS) is 12.0. The molecule has 2 rings (SSSR count). The molecule has 0 unspecified atom stereocenters. The van der Waals surface area contributed by atoms with Crippen molar-refractivity contribution in [2.24, 2.45) is 5.92 Å². The van der Waals surface area contributed by atoms with E-state index in [0.717, 1.165) is 23.6 Å². The molecule has 0 aliphatic heterocycles. The lowest BCUT2D eigenvalue weighted by molar-refractivity contribution is 0.238. The van der Waals surface area contributed by atoms with Gasteiger partial charge in [0.15, 0.2) is 0 Å². The Bertz CT molecular complexity index is 608. The largest absolute Gasteiger partial charge is 0.338 e. The number of carbonyl (C=O) groups is 1. The lowest BCUT2D eigenvalue weighted by atomic mass is 10.2. The zero-order chi connectivity index (χ0) is 15.9. The number of nitrogens with zero attached hydrogens (tertiary/aromatic N) is 3. The molecule has 118 valence electrons. The Hall–Kier alpha value is -2.37. The number of carbonyl (C=O) groups excluding carboxylic acids is 1. The summed E-state index contributed by atoms with van der Waals surface area (Å²) in [5.41, 5.74) is 3.00. The number of amides is 2. The molecule has 0 aliphatic carbocycles. The van der Waals surface area contributed by atoms with Gasteiger partial charge < -0.3 is 10.6 Å². The Morgan fingerprint density at radius 1 is 1.32 bits per heavy atom. The topological polar surface area (TPSA) is 71.8 Å². The third-order valence-electron chi connectivity index (χ3n) is 3.36. The van der Waals surface area contributed by atoms with Crippen molar-refractivity contribution >= 4 is 6.03 Å². The minimum absolute atomic E-state index is 0.175. The summed E-state index contributed by atoms with van der Waals surface area (Å²) in [7, 11) is 0. The maximum atomic E-state index is 11.8. The highest BCUT2D eigenvalue weighted by atomic mass is 16.2. The number of hydrogen-bond acceptors (Lipinski definition) is 3. The van der Waals surface area contributed by atoms with Crippen LogP contribution in [0.5, 0.6) is 0 Å². The van der Waals surface area contributed by atoms with Gasteiger partial charge in [0.05, 0.1) is 17.9 Å². The van der Waals surface area contributed by atoms with Crippen molar-refractivity contribution < 1.29 is 4.79 Å². The second-order valence-electron chi connectivity index (χ2n) is 5.60. The Morgan fingerprint density at radius 2 is 2.14 bits per heavy atom. The summed E-state index contributed by atoms with van der Waals surface area (Å²) in [6.07, 6.45) is 1.71. The molecule has 0 aromatic carbocycles. The number of pyridine rings is 1. The highest BCUT2D eigenvalue weighted by Crippen LogP contribution is 2.05. The van der Waals surface area contributed by atoms with Gasteiger partial charge in [0.2, 0.25) is 0 Å². The molecular weight excluding hydrogens is 278 g/mol. The first kappa shape index (κ1) is 16.0. The van der Waals surface area contributed by atoms with Crippen molar-refractivity contribution in [3.8, 4) is 0 Å². The van der Waals surface area contributed by atoms with Crippen LogP contribution >= 0.6 is 0 Å². The first-order valence-electron chi connectivity index (χ1n) is 7.47. The number of urea groups is 1. The van der Waals surface area contributed by atoms with E-state index in [2.05, 4.69) is 33.7 Å². The van der Waals surface area contributed by atoms with E-state index in [1.807, 2.05) is 36.7 Å². The van der Waals surface area contributed by atoms with Crippen LogP contribution in [0, 0.1) is 19.8 Å². The third kappa shape index (κ3) is 4.87. The van der Waals surface area contributed by atoms with E-state index in [-0.39, 0.29) is 6.03 Å². The van der Waals surface area contributed by atoms with Crippen LogP contribution in [0.1, 0.15) is 24.0 Å². The fraction of sp³-hybridized carbons (Fsp3) is 0.438. The van der Waals surface area contributed by atoms with Gasteiger partial charge in [0, 0.05) is 25.0 Å². The number of rotatable bonds is 6. The molecule has 22 heavy (non-hydrogen) atoms. The summed E-state index contributed by atoms with van der Waals surface area (Å²) in [6.45, 7) is 7.94. The summed E-state index contributed by atoms with van der Waals surface area (Å²) in [4.78, 5) is 15.9. The van der Waals surface area contributed by atoms with E-state index < -0.39 is 0 Å². The van der Waals surface area contributed by atoms with E-state index >= 15 is 0 Å². The average Bonchev–Trinajstić information content (AvgIpc) is 2.82. The van der Waals surface area contributed by atoms with Crippen molar-refractivity contribution in [3.63, 3.8) is 0 Å².